The summed E-state index contributed by atoms with van der Waals surface area (Å²) in [5.41, 5.74) is 1.59. The fourth-order valence-electron chi connectivity index (χ4n) is 2.09. The van der Waals surface area contributed by atoms with Crippen LogP contribution in [0.3, 0.4) is 0 Å². The van der Waals surface area contributed by atoms with Crippen molar-refractivity contribution < 1.29 is 9.13 Å². The molecule has 0 saturated heterocycles. The first-order chi connectivity index (χ1) is 10.1. The number of rotatable bonds is 6. The van der Waals surface area contributed by atoms with Gasteiger partial charge in [-0.1, -0.05) is 12.1 Å². The maximum Gasteiger partial charge on any atom is 0.250 e. The van der Waals surface area contributed by atoms with Crippen molar-refractivity contribution in [3.05, 3.63) is 64.3 Å². The normalized spacial score (nSPS) is 12.1. The van der Waals surface area contributed by atoms with Gasteiger partial charge in [-0.2, -0.15) is 0 Å². The minimum atomic E-state index is -0.258. The number of methoxy groups -OCH3 is 1. The molecule has 0 aliphatic carbocycles. The van der Waals surface area contributed by atoms with Gasteiger partial charge < -0.3 is 14.6 Å². The molecule has 1 heterocycles. The van der Waals surface area contributed by atoms with Crippen LogP contribution in [-0.2, 0) is 11.3 Å². The first-order valence-electron chi connectivity index (χ1n) is 6.81. The summed E-state index contributed by atoms with van der Waals surface area (Å²) in [6.45, 7) is 2.92. The molecule has 1 aromatic heterocycles. The second-order valence-corrected chi connectivity index (χ2v) is 4.86. The van der Waals surface area contributed by atoms with Crippen molar-refractivity contribution in [3.63, 3.8) is 0 Å². The Hall–Kier alpha value is -2.14. The van der Waals surface area contributed by atoms with E-state index in [2.05, 4.69) is 5.32 Å². The maximum absolute atomic E-state index is 13.2. The van der Waals surface area contributed by atoms with Gasteiger partial charge in [0.15, 0.2) is 0 Å². The summed E-state index contributed by atoms with van der Waals surface area (Å²) in [5, 5.41) is 3.26. The van der Waals surface area contributed by atoms with E-state index in [0.717, 1.165) is 11.3 Å². The smallest absolute Gasteiger partial charge is 0.250 e. The Morgan fingerprint density at radius 3 is 2.86 bits per heavy atom. The molecule has 2 rings (SSSR count). The van der Waals surface area contributed by atoms with Crippen molar-refractivity contribution in [3.8, 4) is 0 Å². The van der Waals surface area contributed by atoms with Crippen molar-refractivity contribution in [2.75, 3.05) is 19.0 Å². The second-order valence-electron chi connectivity index (χ2n) is 4.86. The highest BCUT2D eigenvalue weighted by Crippen LogP contribution is 2.18. The molecule has 0 radical (unpaired) electrons. The average molecular weight is 290 g/mol. The van der Waals surface area contributed by atoms with Crippen LogP contribution < -0.4 is 10.9 Å². The number of nitrogens with zero attached hydrogens (tertiary/aromatic N) is 1. The molecule has 5 heteroatoms. The number of halogens is 1. The molecule has 0 fully saturated rings. The fourth-order valence-corrected chi connectivity index (χ4v) is 2.09. The van der Waals surface area contributed by atoms with Crippen LogP contribution >= 0.6 is 0 Å². The van der Waals surface area contributed by atoms with Crippen LogP contribution in [0.15, 0.2) is 47.4 Å². The number of hydrogen-bond acceptors (Lipinski definition) is 3. The monoisotopic (exact) mass is 290 g/mol. The Morgan fingerprint density at radius 1 is 1.33 bits per heavy atom. The molecule has 0 spiro atoms. The van der Waals surface area contributed by atoms with Gasteiger partial charge in [0.2, 0.25) is 0 Å². The molecular formula is C16H19FN2O2. The Balaban J connectivity index is 2.13. The zero-order valence-electron chi connectivity index (χ0n) is 12.2. The minimum absolute atomic E-state index is 0.0610. The average Bonchev–Trinajstić information content (AvgIpc) is 2.47. The summed E-state index contributed by atoms with van der Waals surface area (Å²) in [6, 6.07) is 9.63. The van der Waals surface area contributed by atoms with E-state index in [9.17, 15) is 9.18 Å². The number of nitrogens with one attached hydrogen (secondary N) is 1. The van der Waals surface area contributed by atoms with Crippen molar-refractivity contribution in [2.45, 2.75) is 19.5 Å². The number of anilines is 1. The predicted molar refractivity (Wildman–Crippen MR) is 81.0 cm³/mol. The molecule has 0 aliphatic rings. The SMILES string of the molecule is COCCn1cc(NC(C)c2cccc(F)c2)ccc1=O. The van der Waals surface area contributed by atoms with Gasteiger partial charge in [-0.15, -0.1) is 0 Å². The van der Waals surface area contributed by atoms with E-state index in [1.807, 2.05) is 13.0 Å². The summed E-state index contributed by atoms with van der Waals surface area (Å²) < 4.78 is 19.8. The van der Waals surface area contributed by atoms with Crippen molar-refractivity contribution in [1.82, 2.24) is 4.57 Å². The van der Waals surface area contributed by atoms with Crippen LogP contribution in [0.25, 0.3) is 0 Å². The number of aromatic nitrogens is 1. The van der Waals surface area contributed by atoms with Crippen LogP contribution in [0, 0.1) is 5.82 Å². The van der Waals surface area contributed by atoms with Gasteiger partial charge in [-0.3, -0.25) is 4.79 Å². The molecule has 0 amide bonds. The Morgan fingerprint density at radius 2 is 2.14 bits per heavy atom. The maximum atomic E-state index is 13.2. The van der Waals surface area contributed by atoms with Gasteiger partial charge in [0.1, 0.15) is 5.82 Å². The fraction of sp³-hybridized carbons (Fsp3) is 0.312. The lowest BCUT2D eigenvalue weighted by Gasteiger charge is -2.17. The topological polar surface area (TPSA) is 43.3 Å². The third-order valence-corrected chi connectivity index (χ3v) is 3.25. The van der Waals surface area contributed by atoms with Gasteiger partial charge in [-0.25, -0.2) is 4.39 Å². The largest absolute Gasteiger partial charge is 0.383 e. The van der Waals surface area contributed by atoms with E-state index < -0.39 is 0 Å². The molecule has 112 valence electrons. The standard InChI is InChI=1S/C16H19FN2O2/c1-12(13-4-3-5-14(17)10-13)18-15-6-7-16(20)19(11-15)8-9-21-2/h3-7,10-12,18H,8-9H2,1-2H3. The van der Waals surface area contributed by atoms with Crippen LogP contribution in [0.2, 0.25) is 0 Å². The lowest BCUT2D eigenvalue weighted by Crippen LogP contribution is -2.21. The number of ether oxygens (including phenoxy) is 1. The lowest BCUT2D eigenvalue weighted by atomic mass is 10.1. The van der Waals surface area contributed by atoms with E-state index in [4.69, 9.17) is 4.74 Å². The van der Waals surface area contributed by atoms with Gasteiger partial charge in [0.05, 0.1) is 12.3 Å². The zero-order chi connectivity index (χ0) is 15.2. The summed E-state index contributed by atoms with van der Waals surface area (Å²) in [4.78, 5) is 11.7. The number of benzene rings is 1. The highest BCUT2D eigenvalue weighted by Gasteiger charge is 2.07. The van der Waals surface area contributed by atoms with Crippen molar-refractivity contribution in [1.29, 1.82) is 0 Å². The van der Waals surface area contributed by atoms with Gasteiger partial charge in [0.25, 0.3) is 5.56 Å². The van der Waals surface area contributed by atoms with E-state index in [0.29, 0.717) is 13.2 Å². The van der Waals surface area contributed by atoms with E-state index in [1.165, 1.54) is 18.2 Å². The second kappa shape index (κ2) is 7.04. The first-order valence-corrected chi connectivity index (χ1v) is 6.81. The van der Waals surface area contributed by atoms with Gasteiger partial charge >= 0.3 is 0 Å². The Labute approximate surface area is 123 Å². The van der Waals surface area contributed by atoms with Crippen LogP contribution in [-0.4, -0.2) is 18.3 Å². The molecule has 0 aliphatic heterocycles. The Kier molecular flexibility index (Phi) is 5.11. The molecule has 1 atom stereocenters. The molecule has 1 N–H and O–H groups in total. The quantitative estimate of drug-likeness (QED) is 0.889. The highest BCUT2D eigenvalue weighted by atomic mass is 19.1. The molecule has 0 bridgehead atoms. The van der Waals surface area contributed by atoms with Gasteiger partial charge in [-0.05, 0) is 30.7 Å². The molecule has 1 aromatic carbocycles. The molecule has 1 unspecified atom stereocenters. The third kappa shape index (κ3) is 4.16. The van der Waals surface area contributed by atoms with E-state index in [-0.39, 0.29) is 17.4 Å². The summed E-state index contributed by atoms with van der Waals surface area (Å²) >= 11 is 0. The molecule has 2 aromatic rings. The summed E-state index contributed by atoms with van der Waals surface area (Å²) in [6.07, 6.45) is 1.75. The van der Waals surface area contributed by atoms with E-state index >= 15 is 0 Å². The first kappa shape index (κ1) is 15.3. The summed E-state index contributed by atoms with van der Waals surface area (Å²) in [5.74, 6) is -0.258. The molecular weight excluding hydrogens is 271 g/mol. The van der Waals surface area contributed by atoms with Crippen LogP contribution in [0.4, 0.5) is 10.1 Å². The Bertz CT molecular complexity index is 655. The summed E-state index contributed by atoms with van der Waals surface area (Å²) in [7, 11) is 1.60. The van der Waals surface area contributed by atoms with E-state index in [1.54, 1.807) is 30.0 Å². The van der Waals surface area contributed by atoms with Gasteiger partial charge in [0, 0.05) is 32.0 Å². The van der Waals surface area contributed by atoms with Crippen molar-refractivity contribution in [2.24, 2.45) is 0 Å². The predicted octanol–water partition coefficient (Wildman–Crippen LogP) is 2.81. The molecule has 21 heavy (non-hydrogen) atoms. The zero-order valence-corrected chi connectivity index (χ0v) is 12.2. The minimum Gasteiger partial charge on any atom is -0.383 e. The molecule has 0 saturated carbocycles. The van der Waals surface area contributed by atoms with Crippen LogP contribution in [0.5, 0.6) is 0 Å². The highest BCUT2D eigenvalue weighted by molar-refractivity contribution is 5.43. The lowest BCUT2D eigenvalue weighted by molar-refractivity contribution is 0.186. The third-order valence-electron chi connectivity index (χ3n) is 3.25. The number of pyridine rings is 1. The number of hydrogen-bond donors (Lipinski definition) is 1. The van der Waals surface area contributed by atoms with Crippen LogP contribution in [0.1, 0.15) is 18.5 Å². The van der Waals surface area contributed by atoms with Crippen molar-refractivity contribution >= 4 is 5.69 Å². The molecule has 4 nitrogen and oxygen atoms in total.